The van der Waals surface area contributed by atoms with E-state index in [1.54, 1.807) is 42.0 Å². The Hall–Kier alpha value is -5.50. The summed E-state index contributed by atoms with van der Waals surface area (Å²) in [4.78, 5) is 63.2. The molecule has 8 nitrogen and oxygen atoms in total. The lowest BCUT2D eigenvalue weighted by molar-refractivity contribution is -0.151. The van der Waals surface area contributed by atoms with Crippen molar-refractivity contribution in [1.29, 1.82) is 0 Å². The summed E-state index contributed by atoms with van der Waals surface area (Å²) in [6.07, 6.45) is 1.67. The Morgan fingerprint density at radius 1 is 0.543 bits per heavy atom. The van der Waals surface area contributed by atoms with E-state index >= 15 is 0 Å². The highest BCUT2D eigenvalue weighted by molar-refractivity contribution is 6.11. The van der Waals surface area contributed by atoms with Crippen LogP contribution >= 0.6 is 0 Å². The number of nitrogens with zero attached hydrogens (tertiary/aromatic N) is 4. The monoisotopic (exact) mass is 612 g/mol. The molecule has 0 unspecified atom stereocenters. The van der Waals surface area contributed by atoms with Crippen LogP contribution in [0.1, 0.15) is 46.5 Å². The van der Waals surface area contributed by atoms with Gasteiger partial charge in [-0.1, -0.05) is 109 Å². The van der Waals surface area contributed by atoms with Crippen molar-refractivity contribution in [2.24, 2.45) is 0 Å². The molecule has 232 valence electrons. The summed E-state index contributed by atoms with van der Waals surface area (Å²) in [5, 5.41) is 0. The number of fused-ring (bicyclic) bond motifs is 3. The molecule has 2 aliphatic heterocycles. The molecule has 4 amide bonds. The minimum Gasteiger partial charge on any atom is -0.325 e. The van der Waals surface area contributed by atoms with Crippen LogP contribution in [0.25, 0.3) is 5.70 Å². The summed E-state index contributed by atoms with van der Waals surface area (Å²) in [6, 6.07) is 33.9. The van der Waals surface area contributed by atoms with Crippen molar-refractivity contribution in [3.05, 3.63) is 149 Å². The molecule has 0 aliphatic carbocycles. The molecule has 4 aromatic rings. The third-order valence-corrected chi connectivity index (χ3v) is 8.66. The van der Waals surface area contributed by atoms with Crippen LogP contribution in [-0.2, 0) is 34.0 Å². The second-order valence-electron chi connectivity index (χ2n) is 11.7. The fourth-order valence-corrected chi connectivity index (χ4v) is 6.08. The van der Waals surface area contributed by atoms with Crippen LogP contribution in [0.5, 0.6) is 0 Å². The zero-order valence-corrected chi connectivity index (χ0v) is 26.0. The van der Waals surface area contributed by atoms with Gasteiger partial charge in [0.1, 0.15) is 18.6 Å². The van der Waals surface area contributed by atoms with Gasteiger partial charge in [0.05, 0.1) is 12.2 Å². The molecular weight excluding hydrogens is 576 g/mol. The molecule has 2 heterocycles. The Balaban J connectivity index is 1.50. The Morgan fingerprint density at radius 2 is 1.00 bits per heavy atom. The van der Waals surface area contributed by atoms with Crippen LogP contribution in [-0.4, -0.2) is 61.9 Å². The smallest absolute Gasteiger partial charge is 0.259 e. The van der Waals surface area contributed by atoms with Gasteiger partial charge in [0, 0.05) is 30.4 Å². The second-order valence-corrected chi connectivity index (χ2v) is 11.7. The second kappa shape index (κ2) is 13.2. The van der Waals surface area contributed by atoms with Crippen LogP contribution in [0, 0.1) is 0 Å². The van der Waals surface area contributed by atoms with Crippen LogP contribution in [0.4, 0.5) is 0 Å². The van der Waals surface area contributed by atoms with E-state index in [2.05, 4.69) is 0 Å². The van der Waals surface area contributed by atoms with Gasteiger partial charge in [-0.2, -0.15) is 0 Å². The predicted octanol–water partition coefficient (Wildman–Crippen LogP) is 5.32. The lowest BCUT2D eigenvalue weighted by Gasteiger charge is -2.38. The summed E-state index contributed by atoms with van der Waals surface area (Å²) < 4.78 is 0. The Bertz CT molecular complexity index is 1770. The van der Waals surface area contributed by atoms with Crippen molar-refractivity contribution in [2.75, 3.05) is 6.54 Å². The van der Waals surface area contributed by atoms with Crippen molar-refractivity contribution in [3.8, 4) is 0 Å². The van der Waals surface area contributed by atoms with E-state index in [1.807, 2.05) is 103 Å². The minimum atomic E-state index is -0.916. The number of hydrogen-bond acceptors (Lipinski definition) is 4. The fraction of sp³-hybridized carbons (Fsp3) is 0.211. The van der Waals surface area contributed by atoms with Gasteiger partial charge in [0.15, 0.2) is 0 Å². The van der Waals surface area contributed by atoms with Gasteiger partial charge in [-0.25, -0.2) is 0 Å². The predicted molar refractivity (Wildman–Crippen MR) is 175 cm³/mol. The maximum absolute atomic E-state index is 14.5. The largest absolute Gasteiger partial charge is 0.325 e. The Labute approximate surface area is 269 Å². The molecule has 8 heteroatoms. The van der Waals surface area contributed by atoms with Crippen molar-refractivity contribution in [1.82, 2.24) is 19.6 Å². The van der Waals surface area contributed by atoms with Crippen molar-refractivity contribution < 1.29 is 19.2 Å². The number of rotatable bonds is 6. The number of hydrogen-bond donors (Lipinski definition) is 0. The molecule has 0 aromatic heterocycles. The molecule has 0 spiro atoms. The SMILES string of the molecule is C[C@H]1C(=O)N(Cc2ccccc2)[C@@H](C)C(=O)N(Cc2ccccc2)/C=C2/c3ccccc3C(=O)N2CC(=O)N1Cc1ccccc1. The number of carbonyl (C=O) groups excluding carboxylic acids is 4. The van der Waals surface area contributed by atoms with E-state index in [0.717, 1.165) is 16.7 Å². The summed E-state index contributed by atoms with van der Waals surface area (Å²) in [5.74, 6) is -1.34. The normalized spacial score (nSPS) is 20.1. The fourth-order valence-electron chi connectivity index (χ4n) is 6.08. The molecule has 4 aromatic carbocycles. The standard InChI is InChI=1S/C38H36N4O4/c1-27-36(44)39(22-29-14-6-3-7-15-29)25-34-32-20-12-13-21-33(32)38(46)42(34)26-35(43)40(23-30-16-8-4-9-17-30)28(2)37(45)41(27)24-31-18-10-5-11-19-31/h3-21,25,27-28H,22-24,26H2,1-2H3/b34-25-/t27-,28-/m0/s1. The zero-order chi connectivity index (χ0) is 32.2. The molecule has 6 rings (SSSR count). The Morgan fingerprint density at radius 3 is 1.57 bits per heavy atom. The number of amides is 4. The molecule has 0 saturated carbocycles. The lowest BCUT2D eigenvalue weighted by atomic mass is 10.1. The van der Waals surface area contributed by atoms with E-state index in [9.17, 15) is 19.2 Å². The average molecular weight is 613 g/mol. The van der Waals surface area contributed by atoms with Crippen LogP contribution in [0.3, 0.4) is 0 Å². The number of benzene rings is 4. The summed E-state index contributed by atoms with van der Waals surface area (Å²) in [7, 11) is 0. The van der Waals surface area contributed by atoms with Gasteiger partial charge < -0.3 is 14.7 Å². The van der Waals surface area contributed by atoms with Gasteiger partial charge in [-0.15, -0.1) is 0 Å². The van der Waals surface area contributed by atoms with Crippen LogP contribution in [0.2, 0.25) is 0 Å². The zero-order valence-electron chi connectivity index (χ0n) is 26.0. The van der Waals surface area contributed by atoms with Crippen LogP contribution in [0.15, 0.2) is 121 Å². The Kier molecular flexibility index (Phi) is 8.79. The quantitative estimate of drug-likeness (QED) is 0.295. The van der Waals surface area contributed by atoms with Crippen molar-refractivity contribution >= 4 is 29.3 Å². The molecule has 0 saturated heterocycles. The average Bonchev–Trinajstić information content (AvgIpc) is 3.35. The third-order valence-electron chi connectivity index (χ3n) is 8.66. The maximum atomic E-state index is 14.5. The topological polar surface area (TPSA) is 81.2 Å². The van der Waals surface area contributed by atoms with Crippen molar-refractivity contribution in [2.45, 2.75) is 45.6 Å². The summed E-state index contributed by atoms with van der Waals surface area (Å²) in [5.41, 5.74) is 4.18. The van der Waals surface area contributed by atoms with E-state index in [0.29, 0.717) is 16.8 Å². The van der Waals surface area contributed by atoms with Gasteiger partial charge >= 0.3 is 0 Å². The van der Waals surface area contributed by atoms with Crippen molar-refractivity contribution in [3.63, 3.8) is 0 Å². The molecule has 2 aliphatic rings. The minimum absolute atomic E-state index is 0.169. The third kappa shape index (κ3) is 6.19. The van der Waals surface area contributed by atoms with E-state index in [4.69, 9.17) is 0 Å². The van der Waals surface area contributed by atoms with Gasteiger partial charge in [-0.3, -0.25) is 24.1 Å². The van der Waals surface area contributed by atoms with Gasteiger partial charge in [-0.05, 0) is 36.6 Å². The number of carbonyl (C=O) groups is 4. The molecule has 0 radical (unpaired) electrons. The molecule has 46 heavy (non-hydrogen) atoms. The summed E-state index contributed by atoms with van der Waals surface area (Å²) in [6.45, 7) is 3.71. The van der Waals surface area contributed by atoms with E-state index in [-0.39, 0.29) is 49.8 Å². The van der Waals surface area contributed by atoms with E-state index in [1.165, 1.54) is 9.80 Å². The first-order chi connectivity index (χ1) is 22.3. The molecule has 0 bridgehead atoms. The first-order valence-corrected chi connectivity index (χ1v) is 15.5. The highest BCUT2D eigenvalue weighted by Gasteiger charge is 2.40. The first-order valence-electron chi connectivity index (χ1n) is 15.5. The lowest BCUT2D eigenvalue weighted by Crippen LogP contribution is -2.56. The molecule has 0 fully saturated rings. The van der Waals surface area contributed by atoms with Gasteiger partial charge in [0.25, 0.3) is 5.91 Å². The highest BCUT2D eigenvalue weighted by atomic mass is 16.2. The maximum Gasteiger partial charge on any atom is 0.259 e. The molecule has 2 atom stereocenters. The highest BCUT2D eigenvalue weighted by Crippen LogP contribution is 2.34. The van der Waals surface area contributed by atoms with E-state index < -0.39 is 12.1 Å². The molecule has 0 N–H and O–H groups in total. The van der Waals surface area contributed by atoms with Crippen LogP contribution < -0.4 is 0 Å². The first kappa shape index (κ1) is 30.5. The van der Waals surface area contributed by atoms with Gasteiger partial charge in [0.2, 0.25) is 17.7 Å². The molecular formula is C38H36N4O4. The summed E-state index contributed by atoms with van der Waals surface area (Å²) >= 11 is 0.